The molecule has 0 saturated heterocycles. The first-order valence-electron chi connectivity index (χ1n) is 4.48. The Kier molecular flexibility index (Phi) is 4.35. The lowest BCUT2D eigenvalue weighted by Crippen LogP contribution is -2.25. The van der Waals surface area contributed by atoms with Gasteiger partial charge in [0.25, 0.3) is 0 Å². The molecule has 1 unspecified atom stereocenters. The number of ether oxygens (including phenoxy) is 1. The Bertz CT molecular complexity index is 282. The molecule has 2 N–H and O–H groups in total. The predicted octanol–water partition coefficient (Wildman–Crippen LogP) is 2.70. The molecular weight excluding hydrogens is 249 g/mol. The van der Waals surface area contributed by atoms with Gasteiger partial charge in [-0.05, 0) is 18.6 Å². The van der Waals surface area contributed by atoms with Gasteiger partial charge in [-0.2, -0.15) is 0 Å². The Morgan fingerprint density at radius 2 is 2.21 bits per heavy atom. The van der Waals surface area contributed by atoms with Crippen molar-refractivity contribution in [2.24, 2.45) is 5.73 Å². The maximum atomic E-state index is 12.9. The van der Waals surface area contributed by atoms with Crippen LogP contribution in [0.3, 0.4) is 0 Å². The second-order valence-electron chi connectivity index (χ2n) is 2.99. The normalized spacial score (nSPS) is 12.6. The zero-order chi connectivity index (χ0) is 10.6. The van der Waals surface area contributed by atoms with Crippen molar-refractivity contribution in [2.75, 3.05) is 6.54 Å². The zero-order valence-electron chi connectivity index (χ0n) is 7.97. The first-order chi connectivity index (χ1) is 6.65. The standard InChI is InChI=1S/C10H13BrFNO/c1-2-9(6-13)14-10-4-7(11)3-8(12)5-10/h3-5,9H,2,6,13H2,1H3. The van der Waals surface area contributed by atoms with Crippen LogP contribution in [-0.2, 0) is 0 Å². The molecule has 0 aromatic heterocycles. The molecule has 4 heteroatoms. The largest absolute Gasteiger partial charge is 0.489 e. The highest BCUT2D eigenvalue weighted by molar-refractivity contribution is 9.10. The quantitative estimate of drug-likeness (QED) is 0.905. The van der Waals surface area contributed by atoms with Crippen molar-refractivity contribution in [3.8, 4) is 5.75 Å². The summed E-state index contributed by atoms with van der Waals surface area (Å²) in [7, 11) is 0. The fourth-order valence-electron chi connectivity index (χ4n) is 1.09. The minimum absolute atomic E-state index is 0.0521. The van der Waals surface area contributed by atoms with Crippen molar-refractivity contribution in [1.29, 1.82) is 0 Å². The highest BCUT2D eigenvalue weighted by Crippen LogP contribution is 2.21. The van der Waals surface area contributed by atoms with E-state index in [9.17, 15) is 4.39 Å². The molecule has 1 rings (SSSR count). The van der Waals surface area contributed by atoms with Crippen LogP contribution in [0.2, 0.25) is 0 Å². The van der Waals surface area contributed by atoms with Crippen molar-refractivity contribution >= 4 is 15.9 Å². The first kappa shape index (κ1) is 11.5. The van der Waals surface area contributed by atoms with Crippen LogP contribution in [0.1, 0.15) is 13.3 Å². The molecule has 0 fully saturated rings. The lowest BCUT2D eigenvalue weighted by Gasteiger charge is -2.15. The molecule has 0 saturated carbocycles. The Balaban J connectivity index is 2.75. The fraction of sp³-hybridized carbons (Fsp3) is 0.400. The molecule has 1 aromatic rings. The summed E-state index contributed by atoms with van der Waals surface area (Å²) >= 11 is 3.20. The number of hydrogen-bond acceptors (Lipinski definition) is 2. The molecule has 1 atom stereocenters. The highest BCUT2D eigenvalue weighted by Gasteiger charge is 2.06. The minimum atomic E-state index is -0.318. The van der Waals surface area contributed by atoms with E-state index in [-0.39, 0.29) is 11.9 Å². The SMILES string of the molecule is CCC(CN)Oc1cc(F)cc(Br)c1. The molecule has 0 radical (unpaired) electrons. The Morgan fingerprint density at radius 3 is 2.71 bits per heavy atom. The number of benzene rings is 1. The molecule has 14 heavy (non-hydrogen) atoms. The predicted molar refractivity (Wildman–Crippen MR) is 57.9 cm³/mol. The fourth-order valence-corrected chi connectivity index (χ4v) is 1.53. The smallest absolute Gasteiger partial charge is 0.128 e. The minimum Gasteiger partial charge on any atom is -0.489 e. The molecule has 2 nitrogen and oxygen atoms in total. The summed E-state index contributed by atoms with van der Waals surface area (Å²) < 4.78 is 19.1. The molecule has 0 spiro atoms. The van der Waals surface area contributed by atoms with Gasteiger partial charge in [-0.1, -0.05) is 22.9 Å². The van der Waals surface area contributed by atoms with E-state index in [4.69, 9.17) is 10.5 Å². The lowest BCUT2D eigenvalue weighted by molar-refractivity contribution is 0.204. The van der Waals surface area contributed by atoms with E-state index in [2.05, 4.69) is 15.9 Å². The van der Waals surface area contributed by atoms with E-state index < -0.39 is 0 Å². The van der Waals surface area contributed by atoms with E-state index in [0.29, 0.717) is 16.8 Å². The monoisotopic (exact) mass is 261 g/mol. The van der Waals surface area contributed by atoms with Crippen molar-refractivity contribution in [3.05, 3.63) is 28.5 Å². The van der Waals surface area contributed by atoms with Gasteiger partial charge in [-0.25, -0.2) is 4.39 Å². The Labute approximate surface area is 91.4 Å². The third-order valence-electron chi connectivity index (χ3n) is 1.86. The third-order valence-corrected chi connectivity index (χ3v) is 2.31. The van der Waals surface area contributed by atoms with Gasteiger partial charge in [0.05, 0.1) is 0 Å². The van der Waals surface area contributed by atoms with Crippen molar-refractivity contribution in [3.63, 3.8) is 0 Å². The van der Waals surface area contributed by atoms with Crippen LogP contribution in [-0.4, -0.2) is 12.6 Å². The lowest BCUT2D eigenvalue weighted by atomic mass is 10.2. The van der Waals surface area contributed by atoms with Gasteiger partial charge < -0.3 is 10.5 Å². The van der Waals surface area contributed by atoms with Gasteiger partial charge in [-0.3, -0.25) is 0 Å². The summed E-state index contributed by atoms with van der Waals surface area (Å²) in [4.78, 5) is 0. The molecule has 0 aliphatic heterocycles. The topological polar surface area (TPSA) is 35.2 Å². The molecule has 0 amide bonds. The number of hydrogen-bond donors (Lipinski definition) is 1. The molecule has 78 valence electrons. The van der Waals surface area contributed by atoms with E-state index in [1.807, 2.05) is 6.92 Å². The maximum absolute atomic E-state index is 12.9. The van der Waals surface area contributed by atoms with Crippen molar-refractivity contribution < 1.29 is 9.13 Å². The molecule has 0 aliphatic rings. The summed E-state index contributed by atoms with van der Waals surface area (Å²) in [6, 6.07) is 4.46. The summed E-state index contributed by atoms with van der Waals surface area (Å²) in [6.45, 7) is 2.41. The number of nitrogens with two attached hydrogens (primary N) is 1. The second-order valence-corrected chi connectivity index (χ2v) is 3.90. The van der Waals surface area contributed by atoms with Crippen LogP contribution in [0.15, 0.2) is 22.7 Å². The molecule has 1 aromatic carbocycles. The summed E-state index contributed by atoms with van der Waals surface area (Å²) in [5.74, 6) is 0.190. The zero-order valence-corrected chi connectivity index (χ0v) is 9.55. The van der Waals surface area contributed by atoms with Crippen molar-refractivity contribution in [1.82, 2.24) is 0 Å². The average Bonchev–Trinajstić information content (AvgIpc) is 2.12. The molecule has 0 aliphatic carbocycles. The van der Waals surface area contributed by atoms with Crippen LogP contribution in [0, 0.1) is 5.82 Å². The van der Waals surface area contributed by atoms with Gasteiger partial charge in [0.15, 0.2) is 0 Å². The molecule has 0 bridgehead atoms. The van der Waals surface area contributed by atoms with E-state index >= 15 is 0 Å². The summed E-state index contributed by atoms with van der Waals surface area (Å²) in [6.07, 6.45) is 0.758. The third kappa shape index (κ3) is 3.27. The Hall–Kier alpha value is -0.610. The molecule has 0 heterocycles. The van der Waals surface area contributed by atoms with Crippen molar-refractivity contribution in [2.45, 2.75) is 19.4 Å². The first-order valence-corrected chi connectivity index (χ1v) is 5.27. The van der Waals surface area contributed by atoms with E-state index in [1.54, 1.807) is 6.07 Å². The van der Waals surface area contributed by atoms with E-state index in [1.165, 1.54) is 12.1 Å². The van der Waals surface area contributed by atoms with Gasteiger partial charge in [0.2, 0.25) is 0 Å². The van der Waals surface area contributed by atoms with Gasteiger partial charge in [-0.15, -0.1) is 0 Å². The number of rotatable bonds is 4. The second kappa shape index (κ2) is 5.32. The van der Waals surface area contributed by atoms with E-state index in [0.717, 1.165) is 6.42 Å². The average molecular weight is 262 g/mol. The summed E-state index contributed by atoms with van der Waals surface area (Å²) in [5.41, 5.74) is 5.48. The summed E-state index contributed by atoms with van der Waals surface area (Å²) in [5, 5.41) is 0. The maximum Gasteiger partial charge on any atom is 0.128 e. The van der Waals surface area contributed by atoms with Gasteiger partial charge in [0, 0.05) is 17.1 Å². The molecular formula is C10H13BrFNO. The van der Waals surface area contributed by atoms with Crippen LogP contribution in [0.4, 0.5) is 4.39 Å². The van der Waals surface area contributed by atoms with Gasteiger partial charge >= 0.3 is 0 Å². The highest BCUT2D eigenvalue weighted by atomic mass is 79.9. The Morgan fingerprint density at radius 1 is 1.50 bits per heavy atom. The number of halogens is 2. The van der Waals surface area contributed by atoms with Crippen LogP contribution in [0.25, 0.3) is 0 Å². The van der Waals surface area contributed by atoms with Gasteiger partial charge in [0.1, 0.15) is 17.7 Å². The van der Waals surface area contributed by atoms with Crippen LogP contribution >= 0.6 is 15.9 Å². The van der Waals surface area contributed by atoms with Crippen LogP contribution in [0.5, 0.6) is 5.75 Å². The van der Waals surface area contributed by atoms with Crippen LogP contribution < -0.4 is 10.5 Å².